The Morgan fingerprint density at radius 3 is 2.25 bits per heavy atom. The van der Waals surface area contributed by atoms with E-state index in [2.05, 4.69) is 21.2 Å². The number of carboxylic acid groups (broad SMARTS) is 1. The van der Waals surface area contributed by atoms with E-state index in [1.54, 1.807) is 0 Å². The number of aliphatic carboxylic acids is 1. The molecule has 4 nitrogen and oxygen atoms in total. The van der Waals surface area contributed by atoms with E-state index in [1.165, 1.54) is 0 Å². The largest absolute Gasteiger partial charge is 0.481 e. The highest BCUT2D eigenvalue weighted by Crippen LogP contribution is 2.40. The Bertz CT molecular complexity index is 550. The van der Waals surface area contributed by atoms with E-state index in [4.69, 9.17) is 5.11 Å². The second-order valence-corrected chi connectivity index (χ2v) is 5.78. The summed E-state index contributed by atoms with van der Waals surface area (Å²) in [5, 5.41) is 11.4. The molecule has 1 aromatic carbocycles. The van der Waals surface area contributed by atoms with E-state index >= 15 is 0 Å². The van der Waals surface area contributed by atoms with Gasteiger partial charge in [0.25, 0.3) is 5.91 Å². The summed E-state index contributed by atoms with van der Waals surface area (Å²) < 4.78 is 27.4. The standard InChI is InChI=1S/C13H12BrF2NO3/c14-7-4-8(15)10(9(16)5-7)11(18)17-6-13(12(19)20)2-1-3-13/h4-5H,1-3,6H2,(H,17,18)(H,19,20). The quantitative estimate of drug-likeness (QED) is 0.879. The molecular formula is C13H12BrF2NO3. The van der Waals surface area contributed by atoms with Crippen LogP contribution in [0.3, 0.4) is 0 Å². The minimum Gasteiger partial charge on any atom is -0.481 e. The molecule has 0 spiro atoms. The van der Waals surface area contributed by atoms with E-state index in [1.807, 2.05) is 0 Å². The summed E-state index contributed by atoms with van der Waals surface area (Å²) in [6.45, 7) is -0.129. The molecule has 0 atom stereocenters. The number of carbonyl (C=O) groups excluding carboxylic acids is 1. The maximum atomic E-state index is 13.6. The van der Waals surface area contributed by atoms with Crippen molar-refractivity contribution in [2.75, 3.05) is 6.54 Å². The molecule has 1 saturated carbocycles. The minimum absolute atomic E-state index is 0.129. The first-order chi connectivity index (χ1) is 9.35. The van der Waals surface area contributed by atoms with E-state index in [-0.39, 0.29) is 11.0 Å². The first kappa shape index (κ1) is 14.9. The van der Waals surface area contributed by atoms with Crippen molar-refractivity contribution in [1.82, 2.24) is 5.32 Å². The number of halogens is 3. The van der Waals surface area contributed by atoms with Crippen LogP contribution in [0.25, 0.3) is 0 Å². The van der Waals surface area contributed by atoms with Crippen molar-refractivity contribution in [1.29, 1.82) is 0 Å². The Kier molecular flexibility index (Phi) is 4.08. The SMILES string of the molecule is O=C(NCC1(C(=O)O)CCC1)c1c(F)cc(Br)cc1F. The summed E-state index contributed by atoms with van der Waals surface area (Å²) >= 11 is 2.92. The summed E-state index contributed by atoms with van der Waals surface area (Å²) in [4.78, 5) is 22.9. The zero-order chi connectivity index (χ0) is 14.9. The molecule has 1 fully saturated rings. The average Bonchev–Trinajstić information content (AvgIpc) is 2.25. The summed E-state index contributed by atoms with van der Waals surface area (Å²) in [6, 6.07) is 1.96. The lowest BCUT2D eigenvalue weighted by molar-refractivity contribution is -0.153. The normalized spacial score (nSPS) is 16.4. The van der Waals surface area contributed by atoms with Gasteiger partial charge in [-0.25, -0.2) is 8.78 Å². The van der Waals surface area contributed by atoms with E-state index < -0.39 is 34.5 Å². The van der Waals surface area contributed by atoms with Crippen molar-refractivity contribution in [3.8, 4) is 0 Å². The molecule has 0 unspecified atom stereocenters. The number of carboxylic acids is 1. The smallest absolute Gasteiger partial charge is 0.311 e. The van der Waals surface area contributed by atoms with Gasteiger partial charge in [0.1, 0.15) is 17.2 Å². The number of hydrogen-bond acceptors (Lipinski definition) is 2. The van der Waals surface area contributed by atoms with Crippen LogP contribution in [0, 0.1) is 17.0 Å². The van der Waals surface area contributed by atoms with Crippen molar-refractivity contribution in [2.45, 2.75) is 19.3 Å². The molecular weight excluding hydrogens is 336 g/mol. The van der Waals surface area contributed by atoms with Crippen LogP contribution in [0.15, 0.2) is 16.6 Å². The van der Waals surface area contributed by atoms with Gasteiger partial charge in [0.15, 0.2) is 0 Å². The van der Waals surface area contributed by atoms with Crippen LogP contribution < -0.4 is 5.32 Å². The third-order valence-corrected chi connectivity index (χ3v) is 4.04. The van der Waals surface area contributed by atoms with Crippen molar-refractivity contribution in [3.05, 3.63) is 33.8 Å². The molecule has 108 valence electrons. The molecule has 1 aliphatic carbocycles. The Labute approximate surface area is 122 Å². The molecule has 7 heteroatoms. The zero-order valence-corrected chi connectivity index (χ0v) is 12.0. The van der Waals surface area contributed by atoms with Gasteiger partial charge in [-0.3, -0.25) is 9.59 Å². The van der Waals surface area contributed by atoms with Crippen LogP contribution in [0.1, 0.15) is 29.6 Å². The highest BCUT2D eigenvalue weighted by Gasteiger charge is 2.44. The predicted molar refractivity (Wildman–Crippen MR) is 70.3 cm³/mol. The molecule has 0 bridgehead atoms. The average molecular weight is 348 g/mol. The molecule has 2 N–H and O–H groups in total. The lowest BCUT2D eigenvalue weighted by Gasteiger charge is -2.37. The highest BCUT2D eigenvalue weighted by atomic mass is 79.9. The lowest BCUT2D eigenvalue weighted by Crippen LogP contribution is -2.47. The summed E-state index contributed by atoms with van der Waals surface area (Å²) in [5.74, 6) is -3.93. The second-order valence-electron chi connectivity index (χ2n) is 4.87. The Morgan fingerprint density at radius 1 is 1.30 bits per heavy atom. The molecule has 0 aliphatic heterocycles. The molecule has 1 amide bonds. The van der Waals surface area contributed by atoms with Crippen LogP contribution in [-0.2, 0) is 4.79 Å². The number of hydrogen-bond donors (Lipinski definition) is 2. The Hall–Kier alpha value is -1.50. The van der Waals surface area contributed by atoms with Gasteiger partial charge in [-0.2, -0.15) is 0 Å². The lowest BCUT2D eigenvalue weighted by atomic mass is 9.69. The predicted octanol–water partition coefficient (Wildman–Crippen LogP) is 2.71. The van der Waals surface area contributed by atoms with Crippen LogP contribution >= 0.6 is 15.9 Å². The first-order valence-electron chi connectivity index (χ1n) is 6.02. The van der Waals surface area contributed by atoms with Gasteiger partial charge in [-0.1, -0.05) is 22.4 Å². The van der Waals surface area contributed by atoms with Crippen molar-refractivity contribution in [2.24, 2.45) is 5.41 Å². The van der Waals surface area contributed by atoms with Gasteiger partial charge in [-0.15, -0.1) is 0 Å². The summed E-state index contributed by atoms with van der Waals surface area (Å²) in [7, 11) is 0. The van der Waals surface area contributed by atoms with Gasteiger partial charge >= 0.3 is 5.97 Å². The fraction of sp³-hybridized carbons (Fsp3) is 0.385. The highest BCUT2D eigenvalue weighted by molar-refractivity contribution is 9.10. The molecule has 20 heavy (non-hydrogen) atoms. The van der Waals surface area contributed by atoms with Crippen LogP contribution in [-0.4, -0.2) is 23.5 Å². The fourth-order valence-electron chi connectivity index (χ4n) is 2.17. The molecule has 1 aromatic rings. The monoisotopic (exact) mass is 347 g/mol. The Balaban J connectivity index is 2.12. The van der Waals surface area contributed by atoms with Gasteiger partial charge in [0, 0.05) is 11.0 Å². The number of amides is 1. The van der Waals surface area contributed by atoms with Gasteiger partial charge in [0.2, 0.25) is 0 Å². The van der Waals surface area contributed by atoms with Crippen molar-refractivity contribution >= 4 is 27.8 Å². The molecule has 0 radical (unpaired) electrons. The fourth-order valence-corrected chi connectivity index (χ4v) is 2.57. The van der Waals surface area contributed by atoms with Crippen LogP contribution in [0.4, 0.5) is 8.78 Å². The number of benzene rings is 1. The summed E-state index contributed by atoms with van der Waals surface area (Å²) in [5.41, 5.74) is -1.70. The minimum atomic E-state index is -1.00. The van der Waals surface area contributed by atoms with Gasteiger partial charge < -0.3 is 10.4 Å². The number of nitrogens with one attached hydrogen (secondary N) is 1. The third-order valence-electron chi connectivity index (χ3n) is 3.59. The first-order valence-corrected chi connectivity index (χ1v) is 6.81. The molecule has 2 rings (SSSR count). The number of rotatable bonds is 4. The van der Waals surface area contributed by atoms with Crippen LogP contribution in [0.5, 0.6) is 0 Å². The van der Waals surface area contributed by atoms with E-state index in [0.29, 0.717) is 12.8 Å². The topological polar surface area (TPSA) is 66.4 Å². The Morgan fingerprint density at radius 2 is 1.85 bits per heavy atom. The maximum absolute atomic E-state index is 13.6. The van der Waals surface area contributed by atoms with Crippen molar-refractivity contribution in [3.63, 3.8) is 0 Å². The van der Waals surface area contributed by atoms with Gasteiger partial charge in [-0.05, 0) is 25.0 Å². The van der Waals surface area contributed by atoms with Crippen LogP contribution in [0.2, 0.25) is 0 Å². The molecule has 0 aromatic heterocycles. The van der Waals surface area contributed by atoms with Gasteiger partial charge in [0.05, 0.1) is 5.41 Å². The third kappa shape index (κ3) is 2.67. The van der Waals surface area contributed by atoms with E-state index in [0.717, 1.165) is 18.6 Å². The second kappa shape index (κ2) is 5.47. The molecule has 0 heterocycles. The zero-order valence-electron chi connectivity index (χ0n) is 10.4. The summed E-state index contributed by atoms with van der Waals surface area (Å²) in [6.07, 6.45) is 1.67. The maximum Gasteiger partial charge on any atom is 0.311 e. The number of carbonyl (C=O) groups is 2. The molecule has 1 aliphatic rings. The van der Waals surface area contributed by atoms with Crippen molar-refractivity contribution < 1.29 is 23.5 Å². The van der Waals surface area contributed by atoms with E-state index in [9.17, 15) is 18.4 Å². The molecule has 0 saturated heterocycles.